The minimum absolute atomic E-state index is 0.163. The number of amides is 1. The van der Waals surface area contributed by atoms with Crippen molar-refractivity contribution in [1.29, 1.82) is 0 Å². The molecule has 0 saturated heterocycles. The smallest absolute Gasteiger partial charge is 0.323 e. The molecule has 0 heterocycles. The number of nitrogens with zero attached hydrogens (tertiary/aromatic N) is 1. The quantitative estimate of drug-likeness (QED) is 0.786. The van der Waals surface area contributed by atoms with Crippen LogP contribution in [-0.2, 0) is 27.4 Å². The van der Waals surface area contributed by atoms with Crippen LogP contribution in [0.1, 0.15) is 24.5 Å². The van der Waals surface area contributed by atoms with Gasteiger partial charge in [-0.3, -0.25) is 9.59 Å². The molecule has 0 aromatic heterocycles. The number of methoxy groups -OCH3 is 1. The molecule has 1 amide bonds. The van der Waals surface area contributed by atoms with E-state index in [1.807, 2.05) is 31.2 Å². The van der Waals surface area contributed by atoms with Gasteiger partial charge in [-0.1, -0.05) is 31.2 Å². The van der Waals surface area contributed by atoms with Crippen molar-refractivity contribution in [3.63, 3.8) is 0 Å². The largest absolute Gasteiger partial charge is 0.480 e. The summed E-state index contributed by atoms with van der Waals surface area (Å²) < 4.78 is 5.05. The molecule has 0 saturated carbocycles. The molecule has 1 aromatic rings. The van der Waals surface area contributed by atoms with Crippen molar-refractivity contribution in [3.05, 3.63) is 35.4 Å². The van der Waals surface area contributed by atoms with Crippen molar-refractivity contribution in [2.45, 2.75) is 26.4 Å². The number of carbonyl (C=O) groups excluding carboxylic acids is 1. The molecule has 1 rings (SSSR count). The van der Waals surface area contributed by atoms with Crippen molar-refractivity contribution < 1.29 is 19.4 Å². The van der Waals surface area contributed by atoms with E-state index in [1.54, 1.807) is 7.11 Å². The number of ether oxygens (including phenoxy) is 1. The third-order valence-corrected chi connectivity index (χ3v) is 2.83. The standard InChI is InChI=1S/C15H21NO4/c1-3-7-16(10-15(18)19)14(17)9-12-5-4-6-13(8-12)11-20-2/h4-6,8H,3,7,9-11H2,1-2H3,(H,18,19). The third-order valence-electron chi connectivity index (χ3n) is 2.83. The SMILES string of the molecule is CCCN(CC(=O)O)C(=O)Cc1cccc(COC)c1. The molecule has 0 radical (unpaired) electrons. The van der Waals surface area contributed by atoms with Gasteiger partial charge in [-0.05, 0) is 17.5 Å². The number of carboxylic acid groups (broad SMARTS) is 1. The van der Waals surface area contributed by atoms with Crippen molar-refractivity contribution in [2.24, 2.45) is 0 Å². The zero-order valence-electron chi connectivity index (χ0n) is 12.0. The highest BCUT2D eigenvalue weighted by Crippen LogP contribution is 2.09. The zero-order valence-corrected chi connectivity index (χ0v) is 12.0. The number of carbonyl (C=O) groups is 2. The number of rotatable bonds is 8. The maximum atomic E-state index is 12.1. The van der Waals surface area contributed by atoms with Crippen LogP contribution in [-0.4, -0.2) is 42.1 Å². The van der Waals surface area contributed by atoms with Gasteiger partial charge < -0.3 is 14.7 Å². The molecular formula is C15H21NO4. The molecule has 5 heteroatoms. The lowest BCUT2D eigenvalue weighted by Crippen LogP contribution is -2.37. The first-order chi connectivity index (χ1) is 9.56. The minimum atomic E-state index is -0.986. The van der Waals surface area contributed by atoms with Crippen molar-refractivity contribution in [3.8, 4) is 0 Å². The molecule has 0 aliphatic heterocycles. The van der Waals surface area contributed by atoms with E-state index in [1.165, 1.54) is 4.90 Å². The summed E-state index contributed by atoms with van der Waals surface area (Å²) in [7, 11) is 1.62. The van der Waals surface area contributed by atoms with Crippen LogP contribution in [0.5, 0.6) is 0 Å². The average molecular weight is 279 g/mol. The fourth-order valence-corrected chi connectivity index (χ4v) is 2.01. The Bertz CT molecular complexity index is 459. The van der Waals surface area contributed by atoms with Crippen LogP contribution in [0.25, 0.3) is 0 Å². The van der Waals surface area contributed by atoms with E-state index in [0.717, 1.165) is 17.5 Å². The second-order valence-corrected chi connectivity index (χ2v) is 4.64. The summed E-state index contributed by atoms with van der Waals surface area (Å²) in [4.78, 5) is 24.3. The van der Waals surface area contributed by atoms with Crippen molar-refractivity contribution >= 4 is 11.9 Å². The molecule has 0 spiro atoms. The van der Waals surface area contributed by atoms with Gasteiger partial charge in [0.05, 0.1) is 13.0 Å². The molecule has 110 valence electrons. The number of aliphatic carboxylic acids is 1. The summed E-state index contributed by atoms with van der Waals surface area (Å²) in [5, 5.41) is 8.83. The zero-order chi connectivity index (χ0) is 15.0. The van der Waals surface area contributed by atoms with E-state index in [4.69, 9.17) is 9.84 Å². The van der Waals surface area contributed by atoms with E-state index in [2.05, 4.69) is 0 Å². The van der Waals surface area contributed by atoms with Crippen LogP contribution >= 0.6 is 0 Å². The topological polar surface area (TPSA) is 66.8 Å². The summed E-state index contributed by atoms with van der Waals surface area (Å²) in [6.07, 6.45) is 0.952. The Morgan fingerprint density at radius 2 is 2.00 bits per heavy atom. The Kier molecular flexibility index (Phi) is 6.73. The number of hydrogen-bond acceptors (Lipinski definition) is 3. The first kappa shape index (κ1) is 16.2. The second kappa shape index (κ2) is 8.32. The van der Waals surface area contributed by atoms with Crippen LogP contribution in [0, 0.1) is 0 Å². The van der Waals surface area contributed by atoms with E-state index < -0.39 is 5.97 Å². The average Bonchev–Trinajstić information content (AvgIpc) is 2.38. The molecule has 0 unspecified atom stereocenters. The fourth-order valence-electron chi connectivity index (χ4n) is 2.01. The first-order valence-corrected chi connectivity index (χ1v) is 6.63. The van der Waals surface area contributed by atoms with Gasteiger partial charge in [0.1, 0.15) is 6.54 Å². The van der Waals surface area contributed by atoms with Gasteiger partial charge in [-0.25, -0.2) is 0 Å². The second-order valence-electron chi connectivity index (χ2n) is 4.64. The van der Waals surface area contributed by atoms with Gasteiger partial charge in [0, 0.05) is 13.7 Å². The maximum absolute atomic E-state index is 12.1. The highest BCUT2D eigenvalue weighted by molar-refractivity contribution is 5.83. The maximum Gasteiger partial charge on any atom is 0.323 e. The summed E-state index contributed by atoms with van der Waals surface area (Å²) >= 11 is 0. The summed E-state index contributed by atoms with van der Waals surface area (Å²) in [5.74, 6) is -1.15. The van der Waals surface area contributed by atoms with Crippen LogP contribution in [0.3, 0.4) is 0 Å². The van der Waals surface area contributed by atoms with Crippen molar-refractivity contribution in [1.82, 2.24) is 4.90 Å². The van der Waals surface area contributed by atoms with Crippen molar-refractivity contribution in [2.75, 3.05) is 20.2 Å². The predicted octanol–water partition coefficient (Wildman–Crippen LogP) is 1.70. The monoisotopic (exact) mass is 279 g/mol. The van der Waals surface area contributed by atoms with Gasteiger partial charge in [0.15, 0.2) is 0 Å². The van der Waals surface area contributed by atoms with Gasteiger partial charge in [0.2, 0.25) is 5.91 Å². The summed E-state index contributed by atoms with van der Waals surface area (Å²) in [5.41, 5.74) is 1.87. The number of hydrogen-bond donors (Lipinski definition) is 1. The highest BCUT2D eigenvalue weighted by atomic mass is 16.5. The summed E-state index contributed by atoms with van der Waals surface area (Å²) in [6, 6.07) is 7.57. The molecule has 0 aliphatic rings. The van der Waals surface area contributed by atoms with Gasteiger partial charge in [0.25, 0.3) is 0 Å². The molecule has 20 heavy (non-hydrogen) atoms. The predicted molar refractivity (Wildman–Crippen MR) is 75.4 cm³/mol. The van der Waals surface area contributed by atoms with E-state index in [-0.39, 0.29) is 18.9 Å². The Labute approximate surface area is 119 Å². The number of carboxylic acids is 1. The lowest BCUT2D eigenvalue weighted by Gasteiger charge is -2.20. The molecule has 1 aromatic carbocycles. The fraction of sp³-hybridized carbons (Fsp3) is 0.467. The highest BCUT2D eigenvalue weighted by Gasteiger charge is 2.16. The molecule has 0 bridgehead atoms. The third kappa shape index (κ3) is 5.40. The van der Waals surface area contributed by atoms with E-state index in [0.29, 0.717) is 13.2 Å². The Balaban J connectivity index is 2.71. The molecule has 1 N–H and O–H groups in total. The van der Waals surface area contributed by atoms with Gasteiger partial charge in [-0.2, -0.15) is 0 Å². The van der Waals surface area contributed by atoms with E-state index in [9.17, 15) is 9.59 Å². The Hall–Kier alpha value is -1.88. The van der Waals surface area contributed by atoms with Gasteiger partial charge >= 0.3 is 5.97 Å². The van der Waals surface area contributed by atoms with E-state index >= 15 is 0 Å². The lowest BCUT2D eigenvalue weighted by molar-refractivity contribution is -0.144. The lowest BCUT2D eigenvalue weighted by atomic mass is 10.1. The molecule has 0 atom stereocenters. The van der Waals surface area contributed by atoms with Crippen LogP contribution in [0.15, 0.2) is 24.3 Å². The number of benzene rings is 1. The molecular weight excluding hydrogens is 258 g/mol. The van der Waals surface area contributed by atoms with Crippen LogP contribution < -0.4 is 0 Å². The molecule has 5 nitrogen and oxygen atoms in total. The van der Waals surface area contributed by atoms with Crippen LogP contribution in [0.2, 0.25) is 0 Å². The molecule has 0 aliphatic carbocycles. The first-order valence-electron chi connectivity index (χ1n) is 6.63. The molecule has 0 fully saturated rings. The van der Waals surface area contributed by atoms with Gasteiger partial charge in [-0.15, -0.1) is 0 Å². The Morgan fingerprint density at radius 3 is 2.60 bits per heavy atom. The minimum Gasteiger partial charge on any atom is -0.480 e. The van der Waals surface area contributed by atoms with Crippen LogP contribution in [0.4, 0.5) is 0 Å². The Morgan fingerprint density at radius 1 is 1.30 bits per heavy atom. The normalized spacial score (nSPS) is 10.3. The summed E-state index contributed by atoms with van der Waals surface area (Å²) in [6.45, 7) is 2.63.